The van der Waals surface area contributed by atoms with Gasteiger partial charge in [-0.15, -0.1) is 5.10 Å². The highest BCUT2D eigenvalue weighted by molar-refractivity contribution is 5.77. The summed E-state index contributed by atoms with van der Waals surface area (Å²) in [4.78, 5) is 27.0. The number of likely N-dealkylation sites (tertiary alicyclic amines) is 1. The molecule has 31 heavy (non-hydrogen) atoms. The van der Waals surface area contributed by atoms with Gasteiger partial charge >= 0.3 is 5.76 Å². The molecule has 9 heteroatoms. The van der Waals surface area contributed by atoms with Crippen LogP contribution in [-0.2, 0) is 11.3 Å². The standard InChI is InChI=1S/C22H20FN3O5/c23-16-6-3-14(4-7-16)21-24-26(22(28)31-21)13-20(27)25-9-1-2-17(25)15-5-8-18-19(12-15)30-11-10-29-18/h3-8,12,17H,1-2,9-11,13H2/t17-/m0/s1. The summed E-state index contributed by atoms with van der Waals surface area (Å²) in [6, 6.07) is 11.0. The summed E-state index contributed by atoms with van der Waals surface area (Å²) < 4.78 is 30.5. The number of hydrogen-bond acceptors (Lipinski definition) is 6. The number of carbonyl (C=O) groups is 1. The molecule has 8 nitrogen and oxygen atoms in total. The van der Waals surface area contributed by atoms with Gasteiger partial charge in [0.15, 0.2) is 11.5 Å². The predicted molar refractivity (Wildman–Crippen MR) is 107 cm³/mol. The lowest BCUT2D eigenvalue weighted by atomic mass is 10.0. The first-order valence-electron chi connectivity index (χ1n) is 10.1. The topological polar surface area (TPSA) is 86.8 Å². The first-order valence-corrected chi connectivity index (χ1v) is 10.1. The van der Waals surface area contributed by atoms with Crippen LogP contribution >= 0.6 is 0 Å². The van der Waals surface area contributed by atoms with E-state index in [1.807, 2.05) is 18.2 Å². The first kappa shape index (κ1) is 19.3. The summed E-state index contributed by atoms with van der Waals surface area (Å²) >= 11 is 0. The molecule has 0 unspecified atom stereocenters. The largest absolute Gasteiger partial charge is 0.486 e. The Morgan fingerprint density at radius 1 is 1.10 bits per heavy atom. The molecular formula is C22H20FN3O5. The number of carbonyl (C=O) groups excluding carboxylic acids is 1. The molecule has 2 aliphatic rings. The van der Waals surface area contributed by atoms with Gasteiger partial charge in [0.25, 0.3) is 0 Å². The van der Waals surface area contributed by atoms with Gasteiger partial charge in [0, 0.05) is 12.1 Å². The van der Waals surface area contributed by atoms with Crippen LogP contribution in [-0.4, -0.2) is 40.3 Å². The van der Waals surface area contributed by atoms with Gasteiger partial charge in [-0.05, 0) is 54.8 Å². The van der Waals surface area contributed by atoms with Crippen LogP contribution in [0, 0.1) is 5.82 Å². The average molecular weight is 425 g/mol. The summed E-state index contributed by atoms with van der Waals surface area (Å²) in [6.45, 7) is 1.38. The van der Waals surface area contributed by atoms with E-state index in [0.29, 0.717) is 36.8 Å². The van der Waals surface area contributed by atoms with Crippen molar-refractivity contribution < 1.29 is 23.1 Å². The maximum atomic E-state index is 13.1. The van der Waals surface area contributed by atoms with Crippen molar-refractivity contribution in [2.75, 3.05) is 19.8 Å². The molecule has 1 amide bonds. The zero-order valence-corrected chi connectivity index (χ0v) is 16.6. The van der Waals surface area contributed by atoms with Crippen LogP contribution < -0.4 is 15.2 Å². The summed E-state index contributed by atoms with van der Waals surface area (Å²) in [7, 11) is 0. The predicted octanol–water partition coefficient (Wildman–Crippen LogP) is 2.78. The third-order valence-corrected chi connectivity index (χ3v) is 5.51. The fraction of sp³-hybridized carbons (Fsp3) is 0.318. The Morgan fingerprint density at radius 2 is 1.87 bits per heavy atom. The molecule has 2 aromatic carbocycles. The van der Waals surface area contributed by atoms with Crippen molar-refractivity contribution in [2.45, 2.75) is 25.4 Å². The molecule has 1 atom stereocenters. The number of fused-ring (bicyclic) bond motifs is 1. The summed E-state index contributed by atoms with van der Waals surface area (Å²) in [5.41, 5.74) is 1.43. The third-order valence-electron chi connectivity index (χ3n) is 5.51. The van der Waals surface area contributed by atoms with Crippen molar-refractivity contribution in [1.29, 1.82) is 0 Å². The van der Waals surface area contributed by atoms with E-state index in [9.17, 15) is 14.0 Å². The van der Waals surface area contributed by atoms with E-state index in [4.69, 9.17) is 13.9 Å². The average Bonchev–Trinajstić information content (AvgIpc) is 3.41. The molecule has 1 aromatic heterocycles. The number of benzene rings is 2. The number of hydrogen-bond donors (Lipinski definition) is 0. The van der Waals surface area contributed by atoms with Gasteiger partial charge in [0.05, 0.1) is 6.04 Å². The van der Waals surface area contributed by atoms with Gasteiger partial charge in [-0.1, -0.05) is 6.07 Å². The van der Waals surface area contributed by atoms with Gasteiger partial charge < -0.3 is 18.8 Å². The van der Waals surface area contributed by atoms with Gasteiger partial charge in [-0.3, -0.25) is 4.79 Å². The SMILES string of the molecule is O=C(Cn1nc(-c2ccc(F)cc2)oc1=O)N1CCC[C@H]1c1ccc2c(c1)OCCO2. The van der Waals surface area contributed by atoms with Crippen molar-refractivity contribution in [3.05, 3.63) is 64.4 Å². The number of ether oxygens (including phenoxy) is 2. The molecule has 3 aromatic rings. The van der Waals surface area contributed by atoms with E-state index in [1.165, 1.54) is 24.3 Å². The van der Waals surface area contributed by atoms with E-state index >= 15 is 0 Å². The molecule has 1 fully saturated rings. The number of nitrogens with zero attached hydrogens (tertiary/aromatic N) is 3. The maximum absolute atomic E-state index is 13.1. The molecule has 0 bridgehead atoms. The van der Waals surface area contributed by atoms with Crippen LogP contribution in [0.15, 0.2) is 51.7 Å². The van der Waals surface area contributed by atoms with Crippen molar-refractivity contribution in [3.63, 3.8) is 0 Å². The second-order valence-electron chi connectivity index (χ2n) is 7.49. The van der Waals surface area contributed by atoms with Crippen molar-refractivity contribution >= 4 is 5.91 Å². The van der Waals surface area contributed by atoms with Crippen LogP contribution in [0.4, 0.5) is 4.39 Å². The van der Waals surface area contributed by atoms with Gasteiger partial charge in [0.1, 0.15) is 25.6 Å². The molecular weight excluding hydrogens is 405 g/mol. The monoisotopic (exact) mass is 425 g/mol. The smallest absolute Gasteiger partial charge is 0.437 e. The molecule has 3 heterocycles. The van der Waals surface area contributed by atoms with Crippen molar-refractivity contribution in [1.82, 2.24) is 14.7 Å². The summed E-state index contributed by atoms with van der Waals surface area (Å²) in [5.74, 6) is 0.0665. The van der Waals surface area contributed by atoms with Gasteiger partial charge in [0.2, 0.25) is 11.8 Å². The highest BCUT2D eigenvalue weighted by atomic mass is 19.1. The minimum Gasteiger partial charge on any atom is -0.486 e. The molecule has 0 N–H and O–H groups in total. The lowest BCUT2D eigenvalue weighted by molar-refractivity contribution is -0.133. The number of rotatable bonds is 4. The number of halogens is 1. The molecule has 1 saturated heterocycles. The Bertz CT molecular complexity index is 1170. The third kappa shape index (κ3) is 3.78. The summed E-state index contributed by atoms with van der Waals surface area (Å²) in [5, 5.41) is 4.11. The molecule has 0 radical (unpaired) electrons. The molecule has 0 aliphatic carbocycles. The van der Waals surface area contributed by atoms with Crippen molar-refractivity contribution in [2.24, 2.45) is 0 Å². The van der Waals surface area contributed by atoms with Crippen LogP contribution in [0.5, 0.6) is 11.5 Å². The molecule has 0 saturated carbocycles. The van der Waals surface area contributed by atoms with Crippen molar-refractivity contribution in [3.8, 4) is 23.0 Å². The lowest BCUT2D eigenvalue weighted by Gasteiger charge is -2.26. The zero-order chi connectivity index (χ0) is 21.4. The Kier molecular flexibility index (Phi) is 4.93. The Labute approximate surface area is 176 Å². The first-order chi connectivity index (χ1) is 15.1. The van der Waals surface area contributed by atoms with Crippen LogP contribution in [0.25, 0.3) is 11.5 Å². The normalized spacial score (nSPS) is 17.7. The Balaban J connectivity index is 1.34. The second-order valence-corrected chi connectivity index (χ2v) is 7.49. The van der Waals surface area contributed by atoms with Gasteiger partial charge in [-0.25, -0.2) is 9.18 Å². The van der Waals surface area contributed by atoms with E-state index in [1.54, 1.807) is 4.90 Å². The molecule has 5 rings (SSSR count). The van der Waals surface area contributed by atoms with Crippen LogP contribution in [0.2, 0.25) is 0 Å². The zero-order valence-electron chi connectivity index (χ0n) is 16.6. The van der Waals surface area contributed by atoms with E-state index in [0.717, 1.165) is 23.1 Å². The van der Waals surface area contributed by atoms with Gasteiger partial charge in [-0.2, -0.15) is 4.68 Å². The highest BCUT2D eigenvalue weighted by Gasteiger charge is 2.31. The molecule has 0 spiro atoms. The quantitative estimate of drug-likeness (QED) is 0.639. The minimum atomic E-state index is -0.734. The second kappa shape index (κ2) is 7.90. The van der Waals surface area contributed by atoms with E-state index < -0.39 is 11.6 Å². The Hall–Kier alpha value is -3.62. The molecule has 160 valence electrons. The van der Waals surface area contributed by atoms with E-state index in [-0.39, 0.29) is 24.4 Å². The fourth-order valence-corrected chi connectivity index (χ4v) is 4.01. The Morgan fingerprint density at radius 3 is 2.68 bits per heavy atom. The van der Waals surface area contributed by atoms with E-state index in [2.05, 4.69) is 5.10 Å². The van der Waals surface area contributed by atoms with Crippen LogP contribution in [0.1, 0.15) is 24.4 Å². The fourth-order valence-electron chi connectivity index (χ4n) is 4.01. The number of aromatic nitrogens is 2. The highest BCUT2D eigenvalue weighted by Crippen LogP contribution is 2.38. The minimum absolute atomic E-state index is 0.0441. The summed E-state index contributed by atoms with van der Waals surface area (Å²) in [6.07, 6.45) is 1.68. The maximum Gasteiger partial charge on any atom is 0.437 e. The number of amides is 1. The van der Waals surface area contributed by atoms with Crippen LogP contribution in [0.3, 0.4) is 0 Å². The lowest BCUT2D eigenvalue weighted by Crippen LogP contribution is -2.35. The molecule has 2 aliphatic heterocycles.